The molecule has 17 heavy (non-hydrogen) atoms. The second-order valence-corrected chi connectivity index (χ2v) is 5.79. The first-order chi connectivity index (χ1) is 7.84. The fourth-order valence-electron chi connectivity index (χ4n) is 1.51. The van der Waals surface area contributed by atoms with Crippen molar-refractivity contribution >= 4 is 31.9 Å². The molecule has 2 rings (SSSR count). The third kappa shape index (κ3) is 2.82. The fraction of sp³-hybridized carbons (Fsp3) is 0.500. The van der Waals surface area contributed by atoms with Gasteiger partial charge in [0.2, 0.25) is 0 Å². The third-order valence-electron chi connectivity index (χ3n) is 2.77. The number of hydrogen-bond acceptors (Lipinski definition) is 2. The molecule has 1 aliphatic rings. The molecule has 2 nitrogen and oxygen atoms in total. The van der Waals surface area contributed by atoms with Crippen molar-refractivity contribution in [3.8, 4) is 0 Å². The molecule has 0 unspecified atom stereocenters. The van der Waals surface area contributed by atoms with Crippen molar-refractivity contribution in [2.75, 3.05) is 0 Å². The lowest BCUT2D eigenvalue weighted by Crippen LogP contribution is -2.44. The Balaban J connectivity index is 2.04. The predicted molar refractivity (Wildman–Crippen MR) is 64.5 cm³/mol. The normalized spacial score (nSPS) is 18.2. The van der Waals surface area contributed by atoms with Crippen LogP contribution in [-0.2, 0) is 6.54 Å². The monoisotopic (exact) mass is 372 g/mol. The molecule has 1 saturated carbocycles. The maximum atomic E-state index is 12.7. The van der Waals surface area contributed by atoms with E-state index in [1.807, 2.05) is 0 Å². The van der Waals surface area contributed by atoms with E-state index < -0.39 is 11.7 Å². The van der Waals surface area contributed by atoms with Gasteiger partial charge in [-0.05, 0) is 50.8 Å². The summed E-state index contributed by atoms with van der Waals surface area (Å²) < 4.78 is 39.5. The van der Waals surface area contributed by atoms with Crippen LogP contribution in [0.15, 0.2) is 21.2 Å². The number of nitrogens with one attached hydrogen (secondary N) is 1. The van der Waals surface area contributed by atoms with E-state index >= 15 is 0 Å². The Labute approximate surface area is 113 Å². The molecular formula is C10H9Br2F3N2. The Morgan fingerprint density at radius 1 is 1.35 bits per heavy atom. The summed E-state index contributed by atoms with van der Waals surface area (Å²) in [4.78, 5) is 4.07. The average Bonchev–Trinajstić information content (AvgIpc) is 2.96. The lowest BCUT2D eigenvalue weighted by atomic mass is 10.2. The number of halogens is 5. The highest BCUT2D eigenvalue weighted by Gasteiger charge is 2.62. The highest BCUT2D eigenvalue weighted by Crippen LogP contribution is 2.49. The quantitative estimate of drug-likeness (QED) is 0.871. The summed E-state index contributed by atoms with van der Waals surface area (Å²) in [5.74, 6) is 0. The van der Waals surface area contributed by atoms with E-state index in [4.69, 9.17) is 0 Å². The van der Waals surface area contributed by atoms with E-state index in [9.17, 15) is 13.2 Å². The number of rotatable bonds is 3. The van der Waals surface area contributed by atoms with E-state index in [1.165, 1.54) is 0 Å². The minimum absolute atomic E-state index is 0.105. The van der Waals surface area contributed by atoms with Crippen molar-refractivity contribution in [1.29, 1.82) is 0 Å². The Bertz CT molecular complexity index is 430. The molecule has 0 aliphatic heterocycles. The molecule has 1 aromatic heterocycles. The molecule has 0 radical (unpaired) electrons. The van der Waals surface area contributed by atoms with Crippen molar-refractivity contribution < 1.29 is 13.2 Å². The van der Waals surface area contributed by atoms with Gasteiger partial charge in [-0.25, -0.2) is 0 Å². The molecule has 1 N–H and O–H groups in total. The number of aromatic nitrogens is 1. The molecule has 1 heterocycles. The van der Waals surface area contributed by atoms with Crippen LogP contribution in [-0.4, -0.2) is 16.7 Å². The fourth-order valence-corrected chi connectivity index (χ4v) is 2.64. The SMILES string of the molecule is FC(F)(F)C1(NCc2ncc(Br)cc2Br)CC1. The van der Waals surface area contributed by atoms with E-state index in [0.29, 0.717) is 10.2 Å². The smallest absolute Gasteiger partial charge is 0.298 e. The lowest BCUT2D eigenvalue weighted by molar-refractivity contribution is -0.166. The van der Waals surface area contributed by atoms with Gasteiger partial charge in [0.05, 0.1) is 5.69 Å². The molecule has 7 heteroatoms. The zero-order valence-electron chi connectivity index (χ0n) is 8.61. The largest absolute Gasteiger partial charge is 0.406 e. The molecule has 0 saturated heterocycles. The Kier molecular flexibility index (Phi) is 3.53. The Morgan fingerprint density at radius 2 is 2.00 bits per heavy atom. The summed E-state index contributed by atoms with van der Waals surface area (Å²) in [6, 6.07) is 1.76. The van der Waals surface area contributed by atoms with E-state index in [1.54, 1.807) is 12.3 Å². The third-order valence-corrected chi connectivity index (χ3v) is 3.89. The number of pyridine rings is 1. The summed E-state index contributed by atoms with van der Waals surface area (Å²) in [7, 11) is 0. The van der Waals surface area contributed by atoms with Crippen molar-refractivity contribution in [2.24, 2.45) is 0 Å². The van der Waals surface area contributed by atoms with Crippen LogP contribution in [0.5, 0.6) is 0 Å². The summed E-state index contributed by atoms with van der Waals surface area (Å²) in [5, 5.41) is 2.55. The van der Waals surface area contributed by atoms with Crippen molar-refractivity contribution in [3.05, 3.63) is 26.9 Å². The van der Waals surface area contributed by atoms with Crippen molar-refractivity contribution in [3.63, 3.8) is 0 Å². The number of nitrogens with zero attached hydrogens (tertiary/aromatic N) is 1. The van der Waals surface area contributed by atoms with Gasteiger partial charge in [0.15, 0.2) is 0 Å². The first-order valence-electron chi connectivity index (χ1n) is 4.96. The maximum Gasteiger partial charge on any atom is 0.406 e. The first kappa shape index (κ1) is 13.3. The van der Waals surface area contributed by atoms with Crippen LogP contribution in [0.25, 0.3) is 0 Å². The molecule has 0 aromatic carbocycles. The zero-order valence-corrected chi connectivity index (χ0v) is 11.8. The molecule has 1 aromatic rings. The van der Waals surface area contributed by atoms with Crippen LogP contribution >= 0.6 is 31.9 Å². The second-order valence-electron chi connectivity index (χ2n) is 4.02. The Hall–Kier alpha value is -0.140. The van der Waals surface area contributed by atoms with Gasteiger partial charge >= 0.3 is 6.18 Å². The van der Waals surface area contributed by atoms with Crippen LogP contribution in [0, 0.1) is 0 Å². The number of hydrogen-bond donors (Lipinski definition) is 1. The highest BCUT2D eigenvalue weighted by atomic mass is 79.9. The van der Waals surface area contributed by atoms with Crippen LogP contribution in [0.2, 0.25) is 0 Å². The molecule has 0 bridgehead atoms. The predicted octanol–water partition coefficient (Wildman–Crippen LogP) is 3.79. The van der Waals surface area contributed by atoms with Crippen LogP contribution in [0.4, 0.5) is 13.2 Å². The highest BCUT2D eigenvalue weighted by molar-refractivity contribution is 9.11. The summed E-state index contributed by atoms with van der Waals surface area (Å²) in [5.41, 5.74) is -1.12. The summed E-state index contributed by atoms with van der Waals surface area (Å²) in [6.07, 6.45) is -2.33. The van der Waals surface area contributed by atoms with E-state index in [0.717, 1.165) is 4.47 Å². The maximum absolute atomic E-state index is 12.7. The topological polar surface area (TPSA) is 24.9 Å². The lowest BCUT2D eigenvalue weighted by Gasteiger charge is -2.20. The number of alkyl halides is 3. The minimum atomic E-state index is -4.19. The first-order valence-corrected chi connectivity index (χ1v) is 6.54. The van der Waals surface area contributed by atoms with Gasteiger partial charge in [-0.1, -0.05) is 0 Å². The Morgan fingerprint density at radius 3 is 2.47 bits per heavy atom. The molecule has 94 valence electrons. The standard InChI is InChI=1S/C10H9Br2F3N2/c11-6-3-7(12)8(16-4-6)5-17-9(1-2-9)10(13,14)15/h3-4,17H,1-2,5H2. The van der Waals surface area contributed by atoms with Gasteiger partial charge in [0.25, 0.3) is 0 Å². The molecule has 0 spiro atoms. The van der Waals surface area contributed by atoms with Crippen molar-refractivity contribution in [1.82, 2.24) is 10.3 Å². The minimum Gasteiger partial charge on any atom is -0.298 e. The average molecular weight is 374 g/mol. The van der Waals surface area contributed by atoms with E-state index in [-0.39, 0.29) is 19.4 Å². The van der Waals surface area contributed by atoms with Crippen LogP contribution in [0.3, 0.4) is 0 Å². The van der Waals surface area contributed by atoms with Gasteiger partial charge in [0, 0.05) is 21.7 Å². The van der Waals surface area contributed by atoms with Crippen LogP contribution < -0.4 is 5.32 Å². The van der Waals surface area contributed by atoms with Gasteiger partial charge < -0.3 is 0 Å². The van der Waals surface area contributed by atoms with Crippen LogP contribution in [0.1, 0.15) is 18.5 Å². The summed E-state index contributed by atoms with van der Waals surface area (Å²) >= 11 is 6.51. The molecule has 0 amide bonds. The van der Waals surface area contributed by atoms with Crippen molar-refractivity contribution in [2.45, 2.75) is 31.1 Å². The van der Waals surface area contributed by atoms with Gasteiger partial charge in [-0.2, -0.15) is 13.2 Å². The van der Waals surface area contributed by atoms with Gasteiger partial charge in [-0.3, -0.25) is 10.3 Å². The zero-order chi connectivity index (χ0) is 12.7. The second kappa shape index (κ2) is 4.51. The molecule has 0 atom stereocenters. The van der Waals surface area contributed by atoms with Gasteiger partial charge in [0.1, 0.15) is 5.54 Å². The molecule has 1 fully saturated rings. The molecule has 1 aliphatic carbocycles. The van der Waals surface area contributed by atoms with Gasteiger partial charge in [-0.15, -0.1) is 0 Å². The van der Waals surface area contributed by atoms with E-state index in [2.05, 4.69) is 42.2 Å². The summed E-state index contributed by atoms with van der Waals surface area (Å²) in [6.45, 7) is 0.105. The molecular weight excluding hydrogens is 365 g/mol.